The fourth-order valence-electron chi connectivity index (χ4n) is 1.54. The molecule has 78 valence electrons. The molecule has 0 heterocycles. The zero-order chi connectivity index (χ0) is 10.6. The van der Waals surface area contributed by atoms with Gasteiger partial charge in [0.05, 0.1) is 0 Å². The molecule has 1 atom stereocenters. The van der Waals surface area contributed by atoms with Crippen molar-refractivity contribution >= 4 is 0 Å². The van der Waals surface area contributed by atoms with E-state index in [2.05, 4.69) is 45.0 Å². The van der Waals surface area contributed by atoms with Crippen LogP contribution in [0, 0.1) is 12.3 Å². The molecule has 14 heavy (non-hydrogen) atoms. The van der Waals surface area contributed by atoms with Gasteiger partial charge in [0.1, 0.15) is 0 Å². The van der Waals surface area contributed by atoms with E-state index in [1.54, 1.807) is 0 Å². The van der Waals surface area contributed by atoms with Crippen molar-refractivity contribution in [3.05, 3.63) is 35.4 Å². The molecule has 1 nitrogen and oxygen atoms in total. The Balaban J connectivity index is 2.72. The van der Waals surface area contributed by atoms with E-state index in [0.717, 1.165) is 19.4 Å². The highest BCUT2D eigenvalue weighted by Crippen LogP contribution is 2.24. The lowest BCUT2D eigenvalue weighted by Gasteiger charge is -2.26. The van der Waals surface area contributed by atoms with E-state index in [0.29, 0.717) is 0 Å². The Morgan fingerprint density at radius 3 is 2.21 bits per heavy atom. The van der Waals surface area contributed by atoms with E-state index < -0.39 is 0 Å². The third kappa shape index (κ3) is 2.85. The summed E-state index contributed by atoms with van der Waals surface area (Å²) in [6.45, 7) is 7.34. The van der Waals surface area contributed by atoms with Crippen LogP contribution in [0.4, 0.5) is 0 Å². The van der Waals surface area contributed by atoms with Gasteiger partial charge in [0.2, 0.25) is 0 Å². The molecule has 1 unspecified atom stereocenters. The molecule has 0 saturated heterocycles. The van der Waals surface area contributed by atoms with E-state index in [9.17, 15) is 0 Å². The van der Waals surface area contributed by atoms with E-state index in [1.807, 2.05) is 0 Å². The maximum Gasteiger partial charge on any atom is -0.00201 e. The number of aryl methyl sites for hydroxylation is 1. The van der Waals surface area contributed by atoms with Gasteiger partial charge in [-0.05, 0) is 37.3 Å². The summed E-state index contributed by atoms with van der Waals surface area (Å²) < 4.78 is 0. The monoisotopic (exact) mass is 191 g/mol. The maximum atomic E-state index is 5.80. The molecule has 0 aromatic heterocycles. The minimum Gasteiger partial charge on any atom is -0.330 e. The van der Waals surface area contributed by atoms with Gasteiger partial charge in [-0.1, -0.05) is 43.7 Å². The van der Waals surface area contributed by atoms with Gasteiger partial charge in [-0.15, -0.1) is 0 Å². The number of benzene rings is 1. The molecule has 0 aliphatic carbocycles. The third-order valence-electron chi connectivity index (χ3n) is 3.10. The van der Waals surface area contributed by atoms with Gasteiger partial charge in [-0.25, -0.2) is 0 Å². The van der Waals surface area contributed by atoms with Crippen molar-refractivity contribution in [2.45, 2.75) is 33.6 Å². The molecule has 0 spiro atoms. The normalized spacial score (nSPS) is 15.1. The van der Waals surface area contributed by atoms with Crippen LogP contribution < -0.4 is 5.73 Å². The lowest BCUT2D eigenvalue weighted by Crippen LogP contribution is -2.28. The largest absolute Gasteiger partial charge is 0.330 e. The smallest absolute Gasteiger partial charge is 0.00201 e. The molecule has 0 aliphatic rings. The van der Waals surface area contributed by atoms with Crippen molar-refractivity contribution in [1.82, 2.24) is 0 Å². The van der Waals surface area contributed by atoms with Gasteiger partial charge in [-0.3, -0.25) is 0 Å². The first-order valence-corrected chi connectivity index (χ1v) is 5.35. The second-order valence-electron chi connectivity index (χ2n) is 4.53. The van der Waals surface area contributed by atoms with E-state index >= 15 is 0 Å². The number of hydrogen-bond donors (Lipinski definition) is 1. The SMILES string of the molecule is CCC(C)(CN)Cc1ccc(C)cc1. The highest BCUT2D eigenvalue weighted by atomic mass is 14.6. The minimum atomic E-state index is 0.259. The Morgan fingerprint density at radius 2 is 1.79 bits per heavy atom. The van der Waals surface area contributed by atoms with Gasteiger partial charge in [0, 0.05) is 0 Å². The summed E-state index contributed by atoms with van der Waals surface area (Å²) in [5.74, 6) is 0. The van der Waals surface area contributed by atoms with Crippen LogP contribution in [-0.2, 0) is 6.42 Å². The number of hydrogen-bond acceptors (Lipinski definition) is 1. The van der Waals surface area contributed by atoms with Crippen LogP contribution in [0.1, 0.15) is 31.4 Å². The van der Waals surface area contributed by atoms with Crippen LogP contribution in [0.15, 0.2) is 24.3 Å². The standard InChI is InChI=1S/C13H21N/c1-4-13(3,10-14)9-12-7-5-11(2)6-8-12/h5-8H,4,9-10,14H2,1-3H3. The molecule has 2 N–H and O–H groups in total. The summed E-state index contributed by atoms with van der Waals surface area (Å²) in [5.41, 5.74) is 8.77. The van der Waals surface area contributed by atoms with Gasteiger partial charge < -0.3 is 5.73 Å². The Hall–Kier alpha value is -0.820. The molecular formula is C13H21N. The first-order valence-electron chi connectivity index (χ1n) is 5.35. The van der Waals surface area contributed by atoms with Crippen LogP contribution in [0.5, 0.6) is 0 Å². The van der Waals surface area contributed by atoms with Crippen LogP contribution in [0.2, 0.25) is 0 Å². The van der Waals surface area contributed by atoms with Crippen LogP contribution in [-0.4, -0.2) is 6.54 Å². The number of nitrogens with two attached hydrogens (primary N) is 1. The van der Waals surface area contributed by atoms with Gasteiger partial charge in [-0.2, -0.15) is 0 Å². The van der Waals surface area contributed by atoms with Crippen LogP contribution >= 0.6 is 0 Å². The molecule has 0 aliphatic heterocycles. The lowest BCUT2D eigenvalue weighted by molar-refractivity contribution is 0.320. The average molecular weight is 191 g/mol. The summed E-state index contributed by atoms with van der Waals surface area (Å²) in [7, 11) is 0. The first-order chi connectivity index (χ1) is 6.59. The second-order valence-corrected chi connectivity index (χ2v) is 4.53. The van der Waals surface area contributed by atoms with Crippen molar-refractivity contribution < 1.29 is 0 Å². The van der Waals surface area contributed by atoms with E-state index in [4.69, 9.17) is 5.73 Å². The van der Waals surface area contributed by atoms with Crippen molar-refractivity contribution in [3.8, 4) is 0 Å². The fourth-order valence-corrected chi connectivity index (χ4v) is 1.54. The summed E-state index contributed by atoms with van der Waals surface area (Å²) in [4.78, 5) is 0. The first kappa shape index (κ1) is 11.3. The highest BCUT2D eigenvalue weighted by Gasteiger charge is 2.20. The quantitative estimate of drug-likeness (QED) is 0.778. The van der Waals surface area contributed by atoms with Crippen LogP contribution in [0.3, 0.4) is 0 Å². The van der Waals surface area contributed by atoms with Gasteiger partial charge in [0.25, 0.3) is 0 Å². The summed E-state index contributed by atoms with van der Waals surface area (Å²) >= 11 is 0. The average Bonchev–Trinajstić information content (AvgIpc) is 2.21. The van der Waals surface area contributed by atoms with Gasteiger partial charge in [0.15, 0.2) is 0 Å². The molecule has 0 amide bonds. The molecule has 1 aromatic rings. The zero-order valence-corrected chi connectivity index (χ0v) is 9.51. The predicted octanol–water partition coefficient (Wildman–Crippen LogP) is 2.91. The van der Waals surface area contributed by atoms with Crippen molar-refractivity contribution in [2.24, 2.45) is 11.1 Å². The van der Waals surface area contributed by atoms with Crippen molar-refractivity contribution in [2.75, 3.05) is 6.54 Å². The van der Waals surface area contributed by atoms with E-state index in [-0.39, 0.29) is 5.41 Å². The number of rotatable bonds is 4. The predicted molar refractivity (Wildman–Crippen MR) is 62.3 cm³/mol. The topological polar surface area (TPSA) is 26.0 Å². The molecule has 1 aromatic carbocycles. The lowest BCUT2D eigenvalue weighted by atomic mass is 9.81. The van der Waals surface area contributed by atoms with Gasteiger partial charge >= 0.3 is 0 Å². The molecule has 1 rings (SSSR count). The minimum absolute atomic E-state index is 0.259. The Bertz CT molecular complexity index is 270. The third-order valence-corrected chi connectivity index (χ3v) is 3.10. The summed E-state index contributed by atoms with van der Waals surface area (Å²) in [6.07, 6.45) is 2.22. The summed E-state index contributed by atoms with van der Waals surface area (Å²) in [6, 6.07) is 8.75. The fraction of sp³-hybridized carbons (Fsp3) is 0.538. The van der Waals surface area contributed by atoms with Crippen molar-refractivity contribution in [1.29, 1.82) is 0 Å². The molecule has 0 bridgehead atoms. The summed E-state index contributed by atoms with van der Waals surface area (Å²) in [5, 5.41) is 0. The molecule has 0 fully saturated rings. The van der Waals surface area contributed by atoms with Crippen LogP contribution in [0.25, 0.3) is 0 Å². The molecule has 1 heteroatoms. The second kappa shape index (κ2) is 4.61. The Labute approximate surface area is 87.3 Å². The van der Waals surface area contributed by atoms with E-state index in [1.165, 1.54) is 11.1 Å². The molecule has 0 saturated carbocycles. The van der Waals surface area contributed by atoms with Crippen molar-refractivity contribution in [3.63, 3.8) is 0 Å². The Kier molecular flexibility index (Phi) is 3.70. The molecular weight excluding hydrogens is 170 g/mol. The zero-order valence-electron chi connectivity index (χ0n) is 9.51. The Morgan fingerprint density at radius 1 is 1.21 bits per heavy atom. The highest BCUT2D eigenvalue weighted by molar-refractivity contribution is 5.22. The maximum absolute atomic E-state index is 5.80. The molecule has 0 radical (unpaired) electrons.